The smallest absolute Gasteiger partial charge is 0.294 e. The maximum Gasteiger partial charge on any atom is 0.294 e. The zero-order valence-electron chi connectivity index (χ0n) is 19.5. The number of fused-ring (bicyclic) bond motifs is 1. The summed E-state index contributed by atoms with van der Waals surface area (Å²) in [6.07, 6.45) is 6.29. The van der Waals surface area contributed by atoms with Crippen LogP contribution in [0.2, 0.25) is 0 Å². The quantitative estimate of drug-likeness (QED) is 0.605. The number of thioether (sulfide) groups is 1. The molecule has 0 aromatic heterocycles. The second-order valence-electron chi connectivity index (χ2n) is 9.19. The highest BCUT2D eigenvalue weighted by Crippen LogP contribution is 2.33. The summed E-state index contributed by atoms with van der Waals surface area (Å²) in [6.45, 7) is 5.09. The Hall–Kier alpha value is -3.06. The molecule has 3 aliphatic heterocycles. The number of rotatable bonds is 4. The van der Waals surface area contributed by atoms with Gasteiger partial charge in [-0.1, -0.05) is 30.3 Å². The van der Waals surface area contributed by atoms with Crippen LogP contribution in [0.5, 0.6) is 0 Å². The average molecular weight is 476 g/mol. The van der Waals surface area contributed by atoms with E-state index in [4.69, 9.17) is 0 Å². The molecule has 2 fully saturated rings. The first-order chi connectivity index (χ1) is 16.5. The molecule has 5 rings (SSSR count). The molecule has 0 unspecified atom stereocenters. The van der Waals surface area contributed by atoms with Gasteiger partial charge in [-0.25, -0.2) is 0 Å². The number of imide groups is 1. The average Bonchev–Trinajstić information content (AvgIpc) is 3.12. The van der Waals surface area contributed by atoms with Gasteiger partial charge in [-0.3, -0.25) is 19.3 Å². The molecule has 0 atom stereocenters. The van der Waals surface area contributed by atoms with Crippen molar-refractivity contribution in [2.75, 3.05) is 31.1 Å². The highest BCUT2D eigenvalue weighted by molar-refractivity contribution is 8.18. The van der Waals surface area contributed by atoms with E-state index in [9.17, 15) is 14.4 Å². The van der Waals surface area contributed by atoms with E-state index >= 15 is 0 Å². The topological polar surface area (TPSA) is 60.9 Å². The Morgan fingerprint density at radius 2 is 1.76 bits per heavy atom. The molecular weight excluding hydrogens is 446 g/mol. The van der Waals surface area contributed by atoms with E-state index in [-0.39, 0.29) is 23.6 Å². The molecule has 0 saturated carbocycles. The Bertz CT molecular complexity index is 1170. The number of benzene rings is 2. The molecule has 176 valence electrons. The number of nitrogens with zero attached hydrogens (tertiary/aromatic N) is 3. The second kappa shape index (κ2) is 9.66. The molecule has 6 nitrogen and oxygen atoms in total. The Balaban J connectivity index is 1.26. The third-order valence-electron chi connectivity index (χ3n) is 6.91. The molecule has 2 aromatic rings. The van der Waals surface area contributed by atoms with Gasteiger partial charge >= 0.3 is 0 Å². The summed E-state index contributed by atoms with van der Waals surface area (Å²) in [7, 11) is 0. The lowest BCUT2D eigenvalue weighted by molar-refractivity contribution is -0.136. The van der Waals surface area contributed by atoms with Gasteiger partial charge in [0.25, 0.3) is 11.1 Å². The van der Waals surface area contributed by atoms with Gasteiger partial charge in [0.05, 0.1) is 4.91 Å². The third-order valence-corrected chi connectivity index (χ3v) is 7.82. The van der Waals surface area contributed by atoms with Gasteiger partial charge in [0.2, 0.25) is 5.91 Å². The van der Waals surface area contributed by atoms with Crippen LogP contribution < -0.4 is 4.90 Å². The lowest BCUT2D eigenvalue weighted by Gasteiger charge is -2.29. The van der Waals surface area contributed by atoms with Crippen LogP contribution in [0.3, 0.4) is 0 Å². The van der Waals surface area contributed by atoms with Crippen molar-refractivity contribution < 1.29 is 14.4 Å². The van der Waals surface area contributed by atoms with Crippen molar-refractivity contribution in [2.45, 2.75) is 39.2 Å². The number of piperidine rings is 1. The fourth-order valence-electron chi connectivity index (χ4n) is 4.89. The van der Waals surface area contributed by atoms with Crippen molar-refractivity contribution in [1.82, 2.24) is 9.80 Å². The number of amides is 3. The maximum atomic E-state index is 13.0. The summed E-state index contributed by atoms with van der Waals surface area (Å²) >= 11 is 0.912. The molecule has 0 bridgehead atoms. The first-order valence-electron chi connectivity index (χ1n) is 11.9. The molecule has 3 amide bonds. The van der Waals surface area contributed by atoms with E-state index in [2.05, 4.69) is 23.1 Å². The minimum Gasteiger partial charge on any atom is -0.372 e. The van der Waals surface area contributed by atoms with Crippen LogP contribution in [-0.2, 0) is 22.6 Å². The summed E-state index contributed by atoms with van der Waals surface area (Å²) < 4.78 is 0. The van der Waals surface area contributed by atoms with Crippen molar-refractivity contribution >= 4 is 40.6 Å². The van der Waals surface area contributed by atoms with Gasteiger partial charge in [0.15, 0.2) is 0 Å². The van der Waals surface area contributed by atoms with Crippen LogP contribution in [-0.4, -0.2) is 53.0 Å². The minimum absolute atomic E-state index is 0.194. The van der Waals surface area contributed by atoms with Crippen LogP contribution in [0.4, 0.5) is 10.5 Å². The number of hydrogen-bond donors (Lipinski definition) is 0. The Morgan fingerprint density at radius 3 is 2.53 bits per heavy atom. The van der Waals surface area contributed by atoms with E-state index in [1.165, 1.54) is 30.5 Å². The van der Waals surface area contributed by atoms with Gasteiger partial charge in [-0.2, -0.15) is 0 Å². The third kappa shape index (κ3) is 4.62. The van der Waals surface area contributed by atoms with Crippen molar-refractivity contribution in [3.05, 3.63) is 69.6 Å². The Kier molecular flexibility index (Phi) is 6.46. The SMILES string of the molecule is Cc1cc(N2CCCCC2)ccc1/C=C1\SC(=O)N(CC(=O)N2CCc3ccccc3C2)C1=O. The molecule has 7 heteroatoms. The highest BCUT2D eigenvalue weighted by Gasteiger charge is 2.37. The molecule has 0 spiro atoms. The summed E-state index contributed by atoms with van der Waals surface area (Å²) in [5.74, 6) is -0.583. The predicted molar refractivity (Wildman–Crippen MR) is 135 cm³/mol. The van der Waals surface area contributed by atoms with Crippen LogP contribution in [0, 0.1) is 6.92 Å². The maximum absolute atomic E-state index is 13.0. The van der Waals surface area contributed by atoms with E-state index < -0.39 is 0 Å². The molecule has 0 radical (unpaired) electrons. The van der Waals surface area contributed by atoms with Gasteiger partial charge in [-0.15, -0.1) is 0 Å². The zero-order chi connectivity index (χ0) is 23.7. The number of anilines is 1. The summed E-state index contributed by atoms with van der Waals surface area (Å²) in [5, 5.41) is -0.385. The molecular formula is C27H29N3O3S. The first kappa shape index (κ1) is 22.7. The van der Waals surface area contributed by atoms with Gasteiger partial charge < -0.3 is 9.80 Å². The number of carbonyl (C=O) groups excluding carboxylic acids is 3. The van der Waals surface area contributed by atoms with Crippen LogP contribution in [0.1, 0.15) is 41.5 Å². The normalized spacial score (nSPS) is 19.7. The van der Waals surface area contributed by atoms with Crippen LogP contribution >= 0.6 is 11.8 Å². The van der Waals surface area contributed by atoms with Crippen LogP contribution in [0.15, 0.2) is 47.4 Å². The van der Waals surface area contributed by atoms with Gasteiger partial charge in [0.1, 0.15) is 6.54 Å². The monoisotopic (exact) mass is 475 g/mol. The van der Waals surface area contributed by atoms with Crippen molar-refractivity contribution in [2.24, 2.45) is 0 Å². The van der Waals surface area contributed by atoms with Gasteiger partial charge in [-0.05, 0) is 84.8 Å². The number of carbonyl (C=O) groups is 3. The van der Waals surface area contributed by atoms with Crippen molar-refractivity contribution in [1.29, 1.82) is 0 Å². The molecule has 3 heterocycles. The van der Waals surface area contributed by atoms with Crippen molar-refractivity contribution in [3.8, 4) is 0 Å². The standard InChI is InChI=1S/C27H29N3O3S/c1-19-15-23(28-12-5-2-6-13-28)10-9-21(19)16-24-26(32)30(27(33)34-24)18-25(31)29-14-11-20-7-3-4-8-22(20)17-29/h3-4,7-10,15-16H,2,5-6,11-14,17-18H2,1H3/b24-16-. The van der Waals surface area contributed by atoms with Gasteiger partial charge in [0, 0.05) is 31.9 Å². The highest BCUT2D eigenvalue weighted by atomic mass is 32.2. The molecule has 34 heavy (non-hydrogen) atoms. The lowest BCUT2D eigenvalue weighted by Crippen LogP contribution is -2.44. The van der Waals surface area contributed by atoms with E-state index in [1.54, 1.807) is 11.0 Å². The Labute approximate surface area is 204 Å². The molecule has 0 aliphatic carbocycles. The first-order valence-corrected chi connectivity index (χ1v) is 12.8. The fourth-order valence-corrected chi connectivity index (χ4v) is 5.72. The van der Waals surface area contributed by atoms with E-state index in [0.29, 0.717) is 18.0 Å². The van der Waals surface area contributed by atoms with Crippen LogP contribution in [0.25, 0.3) is 6.08 Å². The summed E-state index contributed by atoms with van der Waals surface area (Å²) in [4.78, 5) is 44.1. The molecule has 3 aliphatic rings. The number of hydrogen-bond acceptors (Lipinski definition) is 5. The Morgan fingerprint density at radius 1 is 1.00 bits per heavy atom. The molecule has 0 N–H and O–H groups in total. The van der Waals surface area contributed by atoms with E-state index in [1.807, 2.05) is 31.2 Å². The fraction of sp³-hybridized carbons (Fsp3) is 0.370. The number of aryl methyl sites for hydroxylation is 1. The second-order valence-corrected chi connectivity index (χ2v) is 10.2. The molecule has 2 aromatic carbocycles. The predicted octanol–water partition coefficient (Wildman–Crippen LogP) is 4.61. The summed E-state index contributed by atoms with van der Waals surface area (Å²) in [5.41, 5.74) is 5.57. The van der Waals surface area contributed by atoms with Crippen molar-refractivity contribution in [3.63, 3.8) is 0 Å². The minimum atomic E-state index is -0.389. The molecule has 2 saturated heterocycles. The van der Waals surface area contributed by atoms with E-state index in [0.717, 1.165) is 52.9 Å². The largest absolute Gasteiger partial charge is 0.372 e. The lowest BCUT2D eigenvalue weighted by atomic mass is 10.00. The summed E-state index contributed by atoms with van der Waals surface area (Å²) in [6, 6.07) is 14.3. The zero-order valence-corrected chi connectivity index (χ0v) is 20.3.